The Hall–Kier alpha value is -0.920. The van der Waals surface area contributed by atoms with Crippen LogP contribution in [0.5, 0.6) is 0 Å². The average Bonchev–Trinajstić information content (AvgIpc) is 2.61. The molecule has 1 rings (SSSR count). The van der Waals surface area contributed by atoms with E-state index in [1.807, 2.05) is 0 Å². The third-order valence-corrected chi connectivity index (χ3v) is 4.45. The molecule has 0 unspecified atom stereocenters. The van der Waals surface area contributed by atoms with Gasteiger partial charge in [0.2, 0.25) is 0 Å². The lowest BCUT2D eigenvalue weighted by Crippen LogP contribution is -2.32. The first-order chi connectivity index (χ1) is 7.93. The van der Waals surface area contributed by atoms with E-state index in [0.717, 1.165) is 0 Å². The van der Waals surface area contributed by atoms with Gasteiger partial charge in [-0.1, -0.05) is 6.92 Å². The largest absolute Gasteiger partial charge is 0.396 e. The van der Waals surface area contributed by atoms with E-state index in [1.165, 1.54) is 10.5 Å². The van der Waals surface area contributed by atoms with Crippen LogP contribution in [0, 0.1) is 6.92 Å². The van der Waals surface area contributed by atoms with Crippen LogP contribution < -0.4 is 0 Å². The van der Waals surface area contributed by atoms with E-state index in [-0.39, 0.29) is 11.6 Å². The van der Waals surface area contributed by atoms with Crippen molar-refractivity contribution in [3.8, 4) is 0 Å². The molecular weight excluding hydrogens is 242 g/mol. The van der Waals surface area contributed by atoms with Gasteiger partial charge in [0.05, 0.1) is 0 Å². The highest BCUT2D eigenvalue weighted by molar-refractivity contribution is 7.89. The number of nitrogens with zero attached hydrogens (tertiary/aromatic N) is 3. The Bertz CT molecular complexity index is 448. The van der Waals surface area contributed by atoms with E-state index in [1.54, 1.807) is 25.5 Å². The van der Waals surface area contributed by atoms with E-state index >= 15 is 0 Å². The molecule has 0 aliphatic rings. The molecule has 0 amide bonds. The first-order valence-corrected chi connectivity index (χ1v) is 6.98. The third-order valence-electron chi connectivity index (χ3n) is 2.61. The van der Waals surface area contributed by atoms with Gasteiger partial charge in [-0.25, -0.2) is 13.4 Å². The number of rotatable bonds is 6. The summed E-state index contributed by atoms with van der Waals surface area (Å²) >= 11 is 0. The van der Waals surface area contributed by atoms with Crippen molar-refractivity contribution in [3.05, 3.63) is 12.0 Å². The molecule has 1 N–H and O–H groups in total. The number of hydrogen-bond acceptors (Lipinski definition) is 4. The zero-order valence-electron chi connectivity index (χ0n) is 10.4. The summed E-state index contributed by atoms with van der Waals surface area (Å²) in [6.45, 7) is 4.18. The Morgan fingerprint density at radius 1 is 1.53 bits per heavy atom. The fraction of sp³-hybridized carbons (Fsp3) is 0.700. The lowest BCUT2D eigenvalue weighted by Gasteiger charge is -2.18. The van der Waals surface area contributed by atoms with Gasteiger partial charge in [0, 0.05) is 32.9 Å². The zero-order valence-corrected chi connectivity index (χ0v) is 11.2. The van der Waals surface area contributed by atoms with Crippen LogP contribution in [0.25, 0.3) is 0 Å². The molecule has 0 saturated carbocycles. The van der Waals surface area contributed by atoms with E-state index in [4.69, 9.17) is 5.11 Å². The van der Waals surface area contributed by atoms with Crippen LogP contribution >= 0.6 is 0 Å². The molecule has 1 aromatic heterocycles. The Morgan fingerprint density at radius 3 is 2.59 bits per heavy atom. The van der Waals surface area contributed by atoms with Crippen LogP contribution in [-0.2, 0) is 17.1 Å². The van der Waals surface area contributed by atoms with Crippen molar-refractivity contribution >= 4 is 10.0 Å². The molecule has 0 radical (unpaired) electrons. The first kappa shape index (κ1) is 14.1. The summed E-state index contributed by atoms with van der Waals surface area (Å²) < 4.78 is 27.4. The number of aromatic nitrogens is 2. The maximum Gasteiger partial charge on any atom is 0.262 e. The summed E-state index contributed by atoms with van der Waals surface area (Å²) in [6, 6.07) is 0. The molecular formula is C10H19N3O3S. The molecule has 0 aliphatic heterocycles. The fourth-order valence-electron chi connectivity index (χ4n) is 1.48. The van der Waals surface area contributed by atoms with E-state index < -0.39 is 10.0 Å². The van der Waals surface area contributed by atoms with Crippen LogP contribution in [0.1, 0.15) is 19.2 Å². The topological polar surface area (TPSA) is 75.4 Å². The van der Waals surface area contributed by atoms with Crippen LogP contribution in [0.15, 0.2) is 11.2 Å². The molecule has 1 aromatic rings. The lowest BCUT2D eigenvalue weighted by atomic mass is 10.4. The second kappa shape index (κ2) is 5.61. The minimum Gasteiger partial charge on any atom is -0.396 e. The molecule has 6 nitrogen and oxygen atoms in total. The molecule has 0 spiro atoms. The standard InChI is InChI=1S/C10H19N3O3S/c1-4-13(6-5-7-14)17(15,16)10-8-12(3)9(2)11-10/h8,14H,4-7H2,1-3H3. The molecule has 0 aliphatic carbocycles. The first-order valence-electron chi connectivity index (χ1n) is 5.54. The molecule has 0 aromatic carbocycles. The normalized spacial score (nSPS) is 12.3. The van der Waals surface area contributed by atoms with Crippen molar-refractivity contribution in [2.75, 3.05) is 19.7 Å². The minimum absolute atomic E-state index is 0.0206. The van der Waals surface area contributed by atoms with Crippen molar-refractivity contribution in [1.82, 2.24) is 13.9 Å². The highest BCUT2D eigenvalue weighted by atomic mass is 32.2. The van der Waals surface area contributed by atoms with Gasteiger partial charge in [-0.15, -0.1) is 0 Å². The second-order valence-corrected chi connectivity index (χ2v) is 5.70. The monoisotopic (exact) mass is 261 g/mol. The average molecular weight is 261 g/mol. The van der Waals surface area contributed by atoms with Gasteiger partial charge in [0.25, 0.3) is 10.0 Å². The van der Waals surface area contributed by atoms with E-state index in [0.29, 0.717) is 25.3 Å². The SMILES string of the molecule is CCN(CCCO)S(=O)(=O)c1cn(C)c(C)n1. The van der Waals surface area contributed by atoms with Gasteiger partial charge >= 0.3 is 0 Å². The number of aliphatic hydroxyl groups excluding tert-OH is 1. The van der Waals surface area contributed by atoms with Crippen LogP contribution in [-0.4, -0.2) is 47.1 Å². The minimum atomic E-state index is -3.53. The van der Waals surface area contributed by atoms with Gasteiger partial charge < -0.3 is 9.67 Å². The fourth-order valence-corrected chi connectivity index (χ4v) is 2.99. The third kappa shape index (κ3) is 3.05. The number of sulfonamides is 1. The van der Waals surface area contributed by atoms with E-state index in [2.05, 4.69) is 4.98 Å². The van der Waals surface area contributed by atoms with Gasteiger partial charge in [0.15, 0.2) is 5.03 Å². The highest BCUT2D eigenvalue weighted by Crippen LogP contribution is 2.14. The molecule has 0 fully saturated rings. The van der Waals surface area contributed by atoms with Crippen molar-refractivity contribution in [2.45, 2.75) is 25.3 Å². The molecule has 0 saturated heterocycles. The van der Waals surface area contributed by atoms with Crippen LogP contribution in [0.2, 0.25) is 0 Å². The van der Waals surface area contributed by atoms with Crippen molar-refractivity contribution < 1.29 is 13.5 Å². The van der Waals surface area contributed by atoms with Gasteiger partial charge in [-0.05, 0) is 13.3 Å². The van der Waals surface area contributed by atoms with Gasteiger partial charge in [-0.3, -0.25) is 0 Å². The Kier molecular flexibility index (Phi) is 4.67. The summed E-state index contributed by atoms with van der Waals surface area (Å²) in [5.41, 5.74) is 0. The van der Waals surface area contributed by atoms with Gasteiger partial charge in [0.1, 0.15) is 5.82 Å². The Balaban J connectivity index is 2.99. The summed E-state index contributed by atoms with van der Waals surface area (Å²) in [5, 5.41) is 8.82. The van der Waals surface area contributed by atoms with Crippen molar-refractivity contribution in [3.63, 3.8) is 0 Å². The van der Waals surface area contributed by atoms with Gasteiger partial charge in [-0.2, -0.15) is 4.31 Å². The highest BCUT2D eigenvalue weighted by Gasteiger charge is 2.25. The molecule has 0 bridgehead atoms. The quantitative estimate of drug-likeness (QED) is 0.789. The molecule has 7 heteroatoms. The Labute approximate surface area is 102 Å². The maximum absolute atomic E-state index is 12.2. The number of imidazole rings is 1. The zero-order chi connectivity index (χ0) is 13.1. The van der Waals surface area contributed by atoms with Crippen molar-refractivity contribution in [1.29, 1.82) is 0 Å². The van der Waals surface area contributed by atoms with Crippen LogP contribution in [0.4, 0.5) is 0 Å². The Morgan fingerprint density at radius 2 is 2.18 bits per heavy atom. The number of hydrogen-bond donors (Lipinski definition) is 1. The summed E-state index contributed by atoms with van der Waals surface area (Å²) in [7, 11) is -1.78. The maximum atomic E-state index is 12.2. The number of aryl methyl sites for hydroxylation is 2. The predicted molar refractivity (Wildman–Crippen MR) is 64.1 cm³/mol. The van der Waals surface area contributed by atoms with E-state index in [9.17, 15) is 8.42 Å². The molecule has 17 heavy (non-hydrogen) atoms. The molecule has 0 atom stereocenters. The predicted octanol–water partition coefficient (Wildman–Crippen LogP) is 0.122. The summed E-state index contributed by atoms with van der Waals surface area (Å²) in [6.07, 6.45) is 1.94. The molecule has 1 heterocycles. The summed E-state index contributed by atoms with van der Waals surface area (Å²) in [5.74, 6) is 0.654. The second-order valence-electron chi connectivity index (χ2n) is 3.81. The lowest BCUT2D eigenvalue weighted by molar-refractivity contribution is 0.271. The van der Waals surface area contributed by atoms with Crippen molar-refractivity contribution in [2.24, 2.45) is 7.05 Å². The summed E-state index contributed by atoms with van der Waals surface area (Å²) in [4.78, 5) is 4.03. The molecule has 98 valence electrons. The smallest absolute Gasteiger partial charge is 0.262 e. The number of aliphatic hydroxyl groups is 1. The van der Waals surface area contributed by atoms with Crippen LogP contribution in [0.3, 0.4) is 0 Å².